The molecule has 0 saturated carbocycles. The summed E-state index contributed by atoms with van der Waals surface area (Å²) in [6.45, 7) is 5.85. The third-order valence-electron chi connectivity index (χ3n) is 4.94. The average Bonchev–Trinajstić information content (AvgIpc) is 2.73. The van der Waals surface area contributed by atoms with E-state index in [1.54, 1.807) is 0 Å². The molecule has 1 heteroatoms. The first-order valence-electron chi connectivity index (χ1n) is 7.97. The van der Waals surface area contributed by atoms with Gasteiger partial charge in [-0.25, -0.2) is 0 Å². The third kappa shape index (κ3) is 2.35. The van der Waals surface area contributed by atoms with Gasteiger partial charge in [-0.2, -0.15) is 0 Å². The van der Waals surface area contributed by atoms with Crippen LogP contribution in [-0.4, -0.2) is 6.54 Å². The van der Waals surface area contributed by atoms with Crippen LogP contribution in [0, 0.1) is 5.92 Å². The van der Waals surface area contributed by atoms with Crippen molar-refractivity contribution < 1.29 is 0 Å². The van der Waals surface area contributed by atoms with Crippen molar-refractivity contribution in [1.29, 1.82) is 0 Å². The van der Waals surface area contributed by atoms with Gasteiger partial charge in [-0.3, -0.25) is 0 Å². The summed E-state index contributed by atoms with van der Waals surface area (Å²) >= 11 is 0. The molecule has 2 aromatic carbocycles. The van der Waals surface area contributed by atoms with Crippen LogP contribution in [-0.2, 0) is 5.54 Å². The molecule has 0 aliphatic carbocycles. The number of hydrogen-bond donors (Lipinski definition) is 1. The molecule has 1 atom stereocenters. The van der Waals surface area contributed by atoms with E-state index >= 15 is 0 Å². The van der Waals surface area contributed by atoms with Gasteiger partial charge in [0.05, 0.1) is 0 Å². The fourth-order valence-electron chi connectivity index (χ4n) is 3.64. The molecule has 1 N–H and O–H groups in total. The van der Waals surface area contributed by atoms with Gasteiger partial charge < -0.3 is 5.32 Å². The number of rotatable bonds is 2. The molecule has 1 aliphatic rings. The van der Waals surface area contributed by atoms with Gasteiger partial charge in [0, 0.05) is 5.54 Å². The van der Waals surface area contributed by atoms with E-state index in [4.69, 9.17) is 0 Å². The van der Waals surface area contributed by atoms with Crippen molar-refractivity contribution >= 4 is 10.8 Å². The fourth-order valence-corrected chi connectivity index (χ4v) is 3.64. The smallest absolute Gasteiger partial charge is 0.0458 e. The molecule has 1 nitrogen and oxygen atoms in total. The van der Waals surface area contributed by atoms with Crippen molar-refractivity contribution in [3.8, 4) is 0 Å². The number of hydrogen-bond acceptors (Lipinski definition) is 1. The molecule has 1 saturated heterocycles. The molecule has 0 aromatic heterocycles. The molecule has 2 aromatic rings. The number of fused-ring (bicyclic) bond motifs is 1. The molecule has 0 radical (unpaired) electrons. The summed E-state index contributed by atoms with van der Waals surface area (Å²) < 4.78 is 0. The van der Waals surface area contributed by atoms with Crippen molar-refractivity contribution in [2.45, 2.75) is 45.1 Å². The Morgan fingerprint density at radius 3 is 2.55 bits per heavy atom. The highest BCUT2D eigenvalue weighted by Crippen LogP contribution is 2.37. The predicted molar refractivity (Wildman–Crippen MR) is 86.9 cm³/mol. The minimum Gasteiger partial charge on any atom is -0.307 e. The van der Waals surface area contributed by atoms with Gasteiger partial charge >= 0.3 is 0 Å². The monoisotopic (exact) mass is 267 g/mol. The quantitative estimate of drug-likeness (QED) is 0.819. The summed E-state index contributed by atoms with van der Waals surface area (Å²) in [5, 5.41) is 6.57. The van der Waals surface area contributed by atoms with E-state index in [0.29, 0.717) is 5.92 Å². The first-order valence-corrected chi connectivity index (χ1v) is 7.97. The highest BCUT2D eigenvalue weighted by molar-refractivity contribution is 5.83. The van der Waals surface area contributed by atoms with Crippen molar-refractivity contribution in [2.24, 2.45) is 5.92 Å². The van der Waals surface area contributed by atoms with Crippen LogP contribution >= 0.6 is 0 Å². The summed E-state index contributed by atoms with van der Waals surface area (Å²) in [5.74, 6) is 0.613. The largest absolute Gasteiger partial charge is 0.307 e. The molecule has 0 amide bonds. The van der Waals surface area contributed by atoms with Gasteiger partial charge in [0.2, 0.25) is 0 Å². The SMILES string of the molecule is CC(C)C1(c2ccc3ccccc3c2)CCCCCN1. The maximum atomic E-state index is 3.88. The Labute approximate surface area is 122 Å². The van der Waals surface area contributed by atoms with Gasteiger partial charge in [-0.15, -0.1) is 0 Å². The lowest BCUT2D eigenvalue weighted by Crippen LogP contribution is -2.46. The molecular weight excluding hydrogens is 242 g/mol. The third-order valence-corrected chi connectivity index (χ3v) is 4.94. The molecule has 1 heterocycles. The van der Waals surface area contributed by atoms with Gasteiger partial charge in [-0.1, -0.05) is 63.1 Å². The zero-order valence-electron chi connectivity index (χ0n) is 12.7. The standard InChI is InChI=1S/C19H25N/c1-15(2)19(12-6-3-7-13-20-19)18-11-10-16-8-4-5-9-17(16)14-18/h4-5,8-11,14-15,20H,3,6-7,12-13H2,1-2H3. The maximum absolute atomic E-state index is 3.88. The lowest BCUT2D eigenvalue weighted by atomic mass is 9.76. The van der Waals surface area contributed by atoms with Crippen LogP contribution in [0.2, 0.25) is 0 Å². The summed E-state index contributed by atoms with van der Waals surface area (Å²) in [6.07, 6.45) is 5.25. The first kappa shape index (κ1) is 13.6. The molecule has 3 rings (SSSR count). The highest BCUT2D eigenvalue weighted by atomic mass is 15.0. The van der Waals surface area contributed by atoms with Crippen molar-refractivity contribution in [3.63, 3.8) is 0 Å². The Morgan fingerprint density at radius 1 is 0.950 bits per heavy atom. The second-order valence-corrected chi connectivity index (χ2v) is 6.43. The van der Waals surface area contributed by atoms with E-state index in [-0.39, 0.29) is 5.54 Å². The van der Waals surface area contributed by atoms with E-state index in [9.17, 15) is 0 Å². The molecule has 1 fully saturated rings. The summed E-state index contributed by atoms with van der Waals surface area (Å²) in [5.41, 5.74) is 1.62. The first-order chi connectivity index (χ1) is 9.72. The van der Waals surface area contributed by atoms with Gasteiger partial charge in [0.15, 0.2) is 0 Å². The number of nitrogens with one attached hydrogen (secondary N) is 1. The van der Waals surface area contributed by atoms with Crippen LogP contribution in [0.1, 0.15) is 45.1 Å². The van der Waals surface area contributed by atoms with Crippen molar-refractivity contribution in [3.05, 3.63) is 48.0 Å². The van der Waals surface area contributed by atoms with Gasteiger partial charge in [0.1, 0.15) is 0 Å². The normalized spacial score (nSPS) is 23.9. The summed E-state index contributed by atoms with van der Waals surface area (Å²) in [4.78, 5) is 0. The van der Waals surface area contributed by atoms with Crippen molar-refractivity contribution in [2.75, 3.05) is 6.54 Å². The van der Waals surface area contributed by atoms with Gasteiger partial charge in [-0.05, 0) is 47.7 Å². The topological polar surface area (TPSA) is 12.0 Å². The minimum absolute atomic E-state index is 0.153. The zero-order chi connectivity index (χ0) is 14.0. The van der Waals surface area contributed by atoms with E-state index in [1.165, 1.54) is 42.0 Å². The Balaban J connectivity index is 2.08. The van der Waals surface area contributed by atoms with Crippen LogP contribution in [0.5, 0.6) is 0 Å². The predicted octanol–water partition coefficient (Wildman–Crippen LogP) is 4.85. The molecule has 0 bridgehead atoms. The summed E-state index contributed by atoms with van der Waals surface area (Å²) in [6, 6.07) is 15.7. The molecule has 1 unspecified atom stereocenters. The van der Waals surface area contributed by atoms with Crippen LogP contribution in [0.25, 0.3) is 10.8 Å². The lowest BCUT2D eigenvalue weighted by molar-refractivity contribution is 0.231. The second-order valence-electron chi connectivity index (χ2n) is 6.43. The Hall–Kier alpha value is -1.34. The van der Waals surface area contributed by atoms with Crippen molar-refractivity contribution in [1.82, 2.24) is 5.32 Å². The van der Waals surface area contributed by atoms with Crippen LogP contribution < -0.4 is 5.32 Å². The zero-order valence-corrected chi connectivity index (χ0v) is 12.7. The van der Waals surface area contributed by atoms with Crippen LogP contribution in [0.4, 0.5) is 0 Å². The van der Waals surface area contributed by atoms with Crippen LogP contribution in [0.15, 0.2) is 42.5 Å². The van der Waals surface area contributed by atoms with E-state index in [0.717, 1.165) is 6.54 Å². The van der Waals surface area contributed by atoms with E-state index in [1.807, 2.05) is 0 Å². The van der Waals surface area contributed by atoms with Crippen LogP contribution in [0.3, 0.4) is 0 Å². The summed E-state index contributed by atoms with van der Waals surface area (Å²) in [7, 11) is 0. The minimum atomic E-state index is 0.153. The molecule has 106 valence electrons. The Morgan fingerprint density at radius 2 is 1.75 bits per heavy atom. The Kier molecular flexibility index (Phi) is 3.80. The second kappa shape index (κ2) is 5.57. The number of benzene rings is 2. The Bertz CT molecular complexity index is 577. The average molecular weight is 267 g/mol. The van der Waals surface area contributed by atoms with E-state index < -0.39 is 0 Å². The lowest BCUT2D eigenvalue weighted by Gasteiger charge is -2.39. The van der Waals surface area contributed by atoms with Gasteiger partial charge in [0.25, 0.3) is 0 Å². The maximum Gasteiger partial charge on any atom is 0.0458 e. The van der Waals surface area contributed by atoms with E-state index in [2.05, 4.69) is 61.6 Å². The fraction of sp³-hybridized carbons (Fsp3) is 0.474. The molecule has 1 aliphatic heterocycles. The highest BCUT2D eigenvalue weighted by Gasteiger charge is 2.35. The molecular formula is C19H25N. The molecule has 0 spiro atoms. The molecule has 20 heavy (non-hydrogen) atoms.